The Morgan fingerprint density at radius 2 is 2.09 bits per heavy atom. The first kappa shape index (κ1) is 10.9. The zero-order chi connectivity index (χ0) is 8.91. The molecule has 11 heavy (non-hydrogen) atoms. The van der Waals surface area contributed by atoms with Gasteiger partial charge in [-0.1, -0.05) is 0 Å². The first-order valence-electron chi connectivity index (χ1n) is 3.87. The number of aliphatic hydroxyl groups is 1. The van der Waals surface area contributed by atoms with Crippen molar-refractivity contribution in [2.24, 2.45) is 0 Å². The van der Waals surface area contributed by atoms with Crippen molar-refractivity contribution in [1.29, 1.82) is 0 Å². The van der Waals surface area contributed by atoms with Gasteiger partial charge in [0.05, 0.1) is 12.7 Å². The SMILES string of the molecule is CCOCC(C)(O)C(C)OC. The summed E-state index contributed by atoms with van der Waals surface area (Å²) in [5, 5.41) is 9.66. The van der Waals surface area contributed by atoms with Gasteiger partial charge in [0.1, 0.15) is 5.60 Å². The van der Waals surface area contributed by atoms with E-state index < -0.39 is 5.60 Å². The average molecular weight is 162 g/mol. The van der Waals surface area contributed by atoms with Gasteiger partial charge < -0.3 is 14.6 Å². The van der Waals surface area contributed by atoms with Crippen LogP contribution in [-0.4, -0.2) is 37.1 Å². The Balaban J connectivity index is 3.77. The van der Waals surface area contributed by atoms with E-state index in [2.05, 4.69) is 0 Å². The van der Waals surface area contributed by atoms with Crippen LogP contribution in [0, 0.1) is 0 Å². The van der Waals surface area contributed by atoms with Crippen molar-refractivity contribution < 1.29 is 14.6 Å². The molecule has 0 heterocycles. The minimum absolute atomic E-state index is 0.200. The molecule has 0 aliphatic rings. The predicted octanol–water partition coefficient (Wildman–Crippen LogP) is 0.809. The molecule has 68 valence electrons. The van der Waals surface area contributed by atoms with E-state index >= 15 is 0 Å². The summed E-state index contributed by atoms with van der Waals surface area (Å²) in [6, 6.07) is 0. The Bertz CT molecular complexity index is 102. The summed E-state index contributed by atoms with van der Waals surface area (Å²) in [5.74, 6) is 0. The second-order valence-electron chi connectivity index (χ2n) is 2.87. The van der Waals surface area contributed by atoms with Gasteiger partial charge >= 0.3 is 0 Å². The van der Waals surface area contributed by atoms with Crippen molar-refractivity contribution in [3.63, 3.8) is 0 Å². The van der Waals surface area contributed by atoms with Gasteiger partial charge in [0, 0.05) is 13.7 Å². The van der Waals surface area contributed by atoms with Gasteiger partial charge in [-0.25, -0.2) is 0 Å². The molecule has 0 saturated carbocycles. The Kier molecular flexibility index (Phi) is 4.65. The van der Waals surface area contributed by atoms with Crippen LogP contribution in [0.3, 0.4) is 0 Å². The maximum Gasteiger partial charge on any atom is 0.111 e. The summed E-state index contributed by atoms with van der Waals surface area (Å²) in [4.78, 5) is 0. The molecule has 0 aliphatic heterocycles. The monoisotopic (exact) mass is 162 g/mol. The molecular formula is C8H18O3. The van der Waals surface area contributed by atoms with E-state index in [9.17, 15) is 5.11 Å². The van der Waals surface area contributed by atoms with Crippen molar-refractivity contribution in [1.82, 2.24) is 0 Å². The van der Waals surface area contributed by atoms with Crippen LogP contribution in [-0.2, 0) is 9.47 Å². The van der Waals surface area contributed by atoms with E-state index in [0.717, 1.165) is 0 Å². The van der Waals surface area contributed by atoms with Crippen LogP contribution in [0.25, 0.3) is 0 Å². The summed E-state index contributed by atoms with van der Waals surface area (Å²) < 4.78 is 10.1. The van der Waals surface area contributed by atoms with Gasteiger partial charge in [-0.15, -0.1) is 0 Å². The van der Waals surface area contributed by atoms with Crippen LogP contribution in [0.4, 0.5) is 0 Å². The summed E-state index contributed by atoms with van der Waals surface area (Å²) in [6.07, 6.45) is -0.200. The maximum atomic E-state index is 9.66. The van der Waals surface area contributed by atoms with E-state index in [4.69, 9.17) is 9.47 Å². The van der Waals surface area contributed by atoms with Crippen LogP contribution in [0.5, 0.6) is 0 Å². The first-order chi connectivity index (χ1) is 5.04. The van der Waals surface area contributed by atoms with Gasteiger partial charge in [-0.3, -0.25) is 0 Å². The summed E-state index contributed by atoms with van der Waals surface area (Å²) in [6.45, 7) is 6.36. The standard InChI is InChI=1S/C8H18O3/c1-5-11-6-8(3,9)7(2)10-4/h7,9H,5-6H2,1-4H3. The molecule has 0 rings (SSSR count). The van der Waals surface area contributed by atoms with Crippen LogP contribution >= 0.6 is 0 Å². The lowest BCUT2D eigenvalue weighted by molar-refractivity contribution is -0.113. The molecule has 0 aromatic heterocycles. The van der Waals surface area contributed by atoms with E-state index in [1.54, 1.807) is 14.0 Å². The van der Waals surface area contributed by atoms with Gasteiger partial charge in [0.2, 0.25) is 0 Å². The van der Waals surface area contributed by atoms with Crippen LogP contribution in [0.15, 0.2) is 0 Å². The smallest absolute Gasteiger partial charge is 0.111 e. The van der Waals surface area contributed by atoms with Crippen LogP contribution in [0.1, 0.15) is 20.8 Å². The third-order valence-corrected chi connectivity index (χ3v) is 1.83. The van der Waals surface area contributed by atoms with E-state index in [-0.39, 0.29) is 6.10 Å². The molecule has 0 saturated heterocycles. The molecule has 2 unspecified atom stereocenters. The fourth-order valence-corrected chi connectivity index (χ4v) is 0.680. The molecule has 0 aliphatic carbocycles. The molecule has 3 heteroatoms. The van der Waals surface area contributed by atoms with E-state index in [0.29, 0.717) is 13.2 Å². The zero-order valence-electron chi connectivity index (χ0n) is 7.76. The number of ether oxygens (including phenoxy) is 2. The Hall–Kier alpha value is -0.120. The maximum absolute atomic E-state index is 9.66. The molecular weight excluding hydrogens is 144 g/mol. The fourth-order valence-electron chi connectivity index (χ4n) is 0.680. The van der Waals surface area contributed by atoms with Crippen molar-refractivity contribution >= 4 is 0 Å². The quantitative estimate of drug-likeness (QED) is 0.650. The highest BCUT2D eigenvalue weighted by molar-refractivity contribution is 4.78. The highest BCUT2D eigenvalue weighted by Crippen LogP contribution is 2.12. The molecule has 3 nitrogen and oxygen atoms in total. The second kappa shape index (κ2) is 4.70. The van der Waals surface area contributed by atoms with Gasteiger partial charge in [-0.2, -0.15) is 0 Å². The van der Waals surface area contributed by atoms with Crippen molar-refractivity contribution in [3.05, 3.63) is 0 Å². The average Bonchev–Trinajstić information content (AvgIpc) is 1.99. The molecule has 0 radical (unpaired) electrons. The minimum Gasteiger partial charge on any atom is -0.385 e. The summed E-state index contributed by atoms with van der Waals surface area (Å²) >= 11 is 0. The number of hydrogen-bond acceptors (Lipinski definition) is 3. The summed E-state index contributed by atoms with van der Waals surface area (Å²) in [5.41, 5.74) is -0.884. The Labute approximate surface area is 68.3 Å². The third kappa shape index (κ3) is 3.70. The third-order valence-electron chi connectivity index (χ3n) is 1.83. The molecule has 0 amide bonds. The van der Waals surface area contributed by atoms with E-state index in [1.165, 1.54) is 0 Å². The molecule has 0 aromatic rings. The highest BCUT2D eigenvalue weighted by atomic mass is 16.5. The second-order valence-corrected chi connectivity index (χ2v) is 2.87. The molecule has 1 N–H and O–H groups in total. The topological polar surface area (TPSA) is 38.7 Å². The van der Waals surface area contributed by atoms with Crippen molar-refractivity contribution in [2.75, 3.05) is 20.3 Å². The zero-order valence-corrected chi connectivity index (χ0v) is 7.76. The van der Waals surface area contributed by atoms with Gasteiger partial charge in [0.25, 0.3) is 0 Å². The minimum atomic E-state index is -0.884. The van der Waals surface area contributed by atoms with Gasteiger partial charge in [-0.05, 0) is 20.8 Å². The largest absolute Gasteiger partial charge is 0.385 e. The van der Waals surface area contributed by atoms with Crippen LogP contribution < -0.4 is 0 Å². The van der Waals surface area contributed by atoms with E-state index in [1.807, 2.05) is 13.8 Å². The molecule has 0 bridgehead atoms. The van der Waals surface area contributed by atoms with Crippen molar-refractivity contribution in [2.45, 2.75) is 32.5 Å². The van der Waals surface area contributed by atoms with Gasteiger partial charge in [0.15, 0.2) is 0 Å². The summed E-state index contributed by atoms with van der Waals surface area (Å²) in [7, 11) is 1.57. The normalized spacial score (nSPS) is 19.4. The Morgan fingerprint density at radius 3 is 2.45 bits per heavy atom. The first-order valence-corrected chi connectivity index (χ1v) is 3.87. The number of methoxy groups -OCH3 is 1. The highest BCUT2D eigenvalue weighted by Gasteiger charge is 2.28. The molecule has 2 atom stereocenters. The fraction of sp³-hybridized carbons (Fsp3) is 1.00. The van der Waals surface area contributed by atoms with Crippen molar-refractivity contribution in [3.8, 4) is 0 Å². The number of hydrogen-bond donors (Lipinski definition) is 1. The molecule has 0 spiro atoms. The predicted molar refractivity (Wildman–Crippen MR) is 43.6 cm³/mol. The lowest BCUT2D eigenvalue weighted by Gasteiger charge is -2.28. The lowest BCUT2D eigenvalue weighted by Crippen LogP contribution is -2.42. The van der Waals surface area contributed by atoms with Crippen LogP contribution in [0.2, 0.25) is 0 Å². The lowest BCUT2D eigenvalue weighted by atomic mass is 10.0. The number of rotatable bonds is 5. The molecule has 0 aromatic carbocycles. The Morgan fingerprint density at radius 1 is 1.55 bits per heavy atom. The molecule has 0 fully saturated rings.